The summed E-state index contributed by atoms with van der Waals surface area (Å²) in [5, 5.41) is 7.42. The van der Waals surface area contributed by atoms with Crippen LogP contribution in [0.3, 0.4) is 0 Å². The van der Waals surface area contributed by atoms with Crippen molar-refractivity contribution in [3.8, 4) is 0 Å². The van der Waals surface area contributed by atoms with E-state index in [-0.39, 0.29) is 17.2 Å². The van der Waals surface area contributed by atoms with Crippen LogP contribution in [0.1, 0.15) is 50.2 Å². The van der Waals surface area contributed by atoms with Crippen LogP contribution in [0.2, 0.25) is 0 Å². The number of hydrogen-bond acceptors (Lipinski definition) is 2. The molecule has 4 heteroatoms. The molecule has 1 saturated carbocycles. The first-order valence-electron chi connectivity index (χ1n) is 7.85. The zero-order valence-electron chi connectivity index (χ0n) is 13.0. The first kappa shape index (κ1) is 16.0. The third kappa shape index (κ3) is 3.82. The maximum Gasteiger partial charge on any atom is 0.138 e. The summed E-state index contributed by atoms with van der Waals surface area (Å²) < 4.78 is 14.3. The fourth-order valence-electron chi connectivity index (χ4n) is 3.30. The molecule has 1 aliphatic rings. The minimum Gasteiger partial charge on any atom is -0.384 e. The Balaban J connectivity index is 2.02. The van der Waals surface area contributed by atoms with Gasteiger partial charge in [0.05, 0.1) is 5.56 Å². The molecule has 0 spiro atoms. The van der Waals surface area contributed by atoms with Gasteiger partial charge in [0, 0.05) is 18.2 Å². The molecule has 2 rings (SSSR count). The molecule has 0 saturated heterocycles. The lowest BCUT2D eigenvalue weighted by molar-refractivity contribution is 0.156. The molecular formula is C17H26FN3. The van der Waals surface area contributed by atoms with E-state index in [4.69, 9.17) is 11.1 Å². The molecule has 3 N–H and O–H groups in total. The smallest absolute Gasteiger partial charge is 0.138 e. The van der Waals surface area contributed by atoms with Crippen molar-refractivity contribution in [1.82, 2.24) is 4.90 Å². The van der Waals surface area contributed by atoms with Crippen LogP contribution in [0, 0.1) is 17.1 Å². The average molecular weight is 291 g/mol. The van der Waals surface area contributed by atoms with Crippen LogP contribution in [0.25, 0.3) is 0 Å². The van der Waals surface area contributed by atoms with E-state index in [9.17, 15) is 4.39 Å². The molecule has 1 aliphatic carbocycles. The second-order valence-corrected chi connectivity index (χ2v) is 6.19. The lowest BCUT2D eigenvalue weighted by Gasteiger charge is -2.34. The van der Waals surface area contributed by atoms with E-state index >= 15 is 0 Å². The molecule has 0 amide bonds. The molecule has 0 bridgehead atoms. The average Bonchev–Trinajstić information content (AvgIpc) is 2.49. The van der Waals surface area contributed by atoms with Gasteiger partial charge >= 0.3 is 0 Å². The van der Waals surface area contributed by atoms with Gasteiger partial charge in [-0.15, -0.1) is 0 Å². The molecule has 0 heterocycles. The van der Waals surface area contributed by atoms with Gasteiger partial charge in [-0.1, -0.05) is 25.5 Å². The Morgan fingerprint density at radius 1 is 1.33 bits per heavy atom. The molecule has 21 heavy (non-hydrogen) atoms. The van der Waals surface area contributed by atoms with E-state index in [1.54, 1.807) is 18.2 Å². The highest BCUT2D eigenvalue weighted by atomic mass is 19.1. The van der Waals surface area contributed by atoms with Crippen molar-refractivity contribution in [3.63, 3.8) is 0 Å². The van der Waals surface area contributed by atoms with Crippen molar-refractivity contribution in [2.75, 3.05) is 7.05 Å². The number of benzene rings is 1. The quantitative estimate of drug-likeness (QED) is 0.644. The molecule has 0 unspecified atom stereocenters. The maximum absolute atomic E-state index is 14.3. The maximum atomic E-state index is 14.3. The number of nitrogens with two attached hydrogens (primary N) is 1. The Kier molecular flexibility index (Phi) is 5.34. The zero-order chi connectivity index (χ0) is 15.4. The molecule has 116 valence electrons. The molecule has 0 aliphatic heterocycles. The topological polar surface area (TPSA) is 53.1 Å². The summed E-state index contributed by atoms with van der Waals surface area (Å²) in [6, 6.07) is 5.66. The van der Waals surface area contributed by atoms with E-state index in [2.05, 4.69) is 18.9 Å². The van der Waals surface area contributed by atoms with Crippen molar-refractivity contribution in [3.05, 3.63) is 35.1 Å². The van der Waals surface area contributed by atoms with Crippen LogP contribution in [-0.2, 0) is 6.54 Å². The number of nitrogens with one attached hydrogen (secondary N) is 1. The second-order valence-electron chi connectivity index (χ2n) is 6.19. The van der Waals surface area contributed by atoms with E-state index in [1.807, 2.05) is 0 Å². The van der Waals surface area contributed by atoms with Gasteiger partial charge in [0.25, 0.3) is 0 Å². The standard InChI is InChI=1S/C17H26FN3/c1-3-12-7-9-14(10-8-12)21(2)11-13-5-4-6-15(16(13)18)17(19)20/h4-6,12,14H,3,7-11H2,1-2H3,(H3,19,20). The van der Waals surface area contributed by atoms with Crippen molar-refractivity contribution < 1.29 is 4.39 Å². The van der Waals surface area contributed by atoms with Gasteiger partial charge in [-0.2, -0.15) is 0 Å². The monoisotopic (exact) mass is 291 g/mol. The van der Waals surface area contributed by atoms with Crippen LogP contribution >= 0.6 is 0 Å². The Hall–Kier alpha value is -1.42. The van der Waals surface area contributed by atoms with Crippen LogP contribution in [0.15, 0.2) is 18.2 Å². The van der Waals surface area contributed by atoms with Gasteiger partial charge in [-0.05, 0) is 44.7 Å². The summed E-state index contributed by atoms with van der Waals surface area (Å²) in [5.74, 6) is 0.312. The van der Waals surface area contributed by atoms with Crippen LogP contribution in [-0.4, -0.2) is 23.8 Å². The molecule has 3 nitrogen and oxygen atoms in total. The summed E-state index contributed by atoms with van der Waals surface area (Å²) in [5.41, 5.74) is 6.25. The number of nitrogens with zero attached hydrogens (tertiary/aromatic N) is 1. The van der Waals surface area contributed by atoms with Crippen LogP contribution < -0.4 is 5.73 Å². The number of amidine groups is 1. The summed E-state index contributed by atoms with van der Waals surface area (Å²) in [6.45, 7) is 2.84. The van der Waals surface area contributed by atoms with E-state index in [0.29, 0.717) is 18.2 Å². The Morgan fingerprint density at radius 3 is 2.57 bits per heavy atom. The van der Waals surface area contributed by atoms with Gasteiger partial charge in [0.1, 0.15) is 11.7 Å². The van der Waals surface area contributed by atoms with Crippen molar-refractivity contribution in [2.24, 2.45) is 11.7 Å². The molecule has 0 aromatic heterocycles. The Labute approximate surface area is 126 Å². The third-order valence-corrected chi connectivity index (χ3v) is 4.81. The van der Waals surface area contributed by atoms with Crippen molar-refractivity contribution >= 4 is 5.84 Å². The summed E-state index contributed by atoms with van der Waals surface area (Å²) in [4.78, 5) is 2.24. The Morgan fingerprint density at radius 2 is 2.00 bits per heavy atom. The van der Waals surface area contributed by atoms with E-state index in [1.165, 1.54) is 32.1 Å². The molecular weight excluding hydrogens is 265 g/mol. The second kappa shape index (κ2) is 7.03. The summed E-state index contributed by atoms with van der Waals surface area (Å²) >= 11 is 0. The summed E-state index contributed by atoms with van der Waals surface area (Å²) in [6.07, 6.45) is 6.22. The minimum absolute atomic E-state index is 0.204. The van der Waals surface area contributed by atoms with Gasteiger partial charge in [0.15, 0.2) is 0 Å². The SMILES string of the molecule is CCC1CCC(N(C)Cc2cccc(C(=N)N)c2F)CC1. The fourth-order valence-corrected chi connectivity index (χ4v) is 3.30. The molecule has 1 aromatic carbocycles. The van der Waals surface area contributed by atoms with E-state index in [0.717, 1.165) is 5.92 Å². The first-order valence-corrected chi connectivity index (χ1v) is 7.85. The highest BCUT2D eigenvalue weighted by Gasteiger charge is 2.23. The normalized spacial score (nSPS) is 22.5. The van der Waals surface area contributed by atoms with Crippen LogP contribution in [0.4, 0.5) is 4.39 Å². The number of rotatable bonds is 5. The number of halogens is 1. The predicted octanol–water partition coefficient (Wildman–Crippen LogP) is 3.51. The van der Waals surface area contributed by atoms with Crippen LogP contribution in [0.5, 0.6) is 0 Å². The van der Waals surface area contributed by atoms with Crippen molar-refractivity contribution in [2.45, 2.75) is 51.6 Å². The van der Waals surface area contributed by atoms with Gasteiger partial charge < -0.3 is 5.73 Å². The Bertz CT molecular complexity index is 493. The lowest BCUT2D eigenvalue weighted by atomic mass is 9.84. The van der Waals surface area contributed by atoms with Gasteiger partial charge in [0.2, 0.25) is 0 Å². The summed E-state index contributed by atoms with van der Waals surface area (Å²) in [7, 11) is 2.07. The fraction of sp³-hybridized carbons (Fsp3) is 0.588. The molecule has 0 radical (unpaired) electrons. The van der Waals surface area contributed by atoms with Crippen molar-refractivity contribution in [1.29, 1.82) is 5.41 Å². The highest BCUT2D eigenvalue weighted by molar-refractivity contribution is 5.95. The molecule has 1 fully saturated rings. The predicted molar refractivity (Wildman–Crippen MR) is 84.9 cm³/mol. The molecule has 1 aromatic rings. The third-order valence-electron chi connectivity index (χ3n) is 4.81. The number of nitrogen functional groups attached to an aromatic ring is 1. The lowest BCUT2D eigenvalue weighted by Crippen LogP contribution is -2.35. The molecule has 0 atom stereocenters. The van der Waals surface area contributed by atoms with Gasteiger partial charge in [-0.3, -0.25) is 10.3 Å². The minimum atomic E-state index is -0.348. The van der Waals surface area contributed by atoms with E-state index < -0.39 is 0 Å². The zero-order valence-corrected chi connectivity index (χ0v) is 13.0. The largest absolute Gasteiger partial charge is 0.384 e. The first-order chi connectivity index (χ1) is 10.0. The number of hydrogen-bond donors (Lipinski definition) is 2. The van der Waals surface area contributed by atoms with Gasteiger partial charge in [-0.25, -0.2) is 4.39 Å². The highest BCUT2D eigenvalue weighted by Crippen LogP contribution is 2.29.